The molecule has 1 heterocycles. The van der Waals surface area contributed by atoms with Gasteiger partial charge < -0.3 is 9.47 Å². The number of hydrogen-bond donors (Lipinski definition) is 0. The minimum atomic E-state index is 0.932. The van der Waals surface area contributed by atoms with Crippen molar-refractivity contribution in [2.75, 3.05) is 14.2 Å². The molecule has 3 rings (SSSR count). The maximum Gasteiger partial charge on any atom is 0.133 e. The second-order valence-corrected chi connectivity index (χ2v) is 7.20. The summed E-state index contributed by atoms with van der Waals surface area (Å²) in [6.07, 6.45) is 0. The average Bonchev–Trinajstić information content (AvgIpc) is 2.80. The van der Waals surface area contributed by atoms with E-state index >= 15 is 0 Å². The van der Waals surface area contributed by atoms with E-state index in [2.05, 4.69) is 57.3 Å². The van der Waals surface area contributed by atoms with Crippen molar-refractivity contribution in [1.82, 2.24) is 0 Å². The predicted molar refractivity (Wildman–Crippen MR) is 97.9 cm³/mol. The summed E-state index contributed by atoms with van der Waals surface area (Å²) in [5, 5.41) is 2.57. The van der Waals surface area contributed by atoms with Crippen LogP contribution in [-0.2, 0) is 0 Å². The largest absolute Gasteiger partial charge is 0.496 e. The third-order valence-corrected chi connectivity index (χ3v) is 7.19. The number of benzene rings is 2. The normalized spacial score (nSPS) is 11.2. The lowest BCUT2D eigenvalue weighted by atomic mass is 10.1. The fourth-order valence-corrected chi connectivity index (χ4v) is 5.32. The van der Waals surface area contributed by atoms with Crippen LogP contribution in [0, 0.1) is 7.14 Å². The van der Waals surface area contributed by atoms with Crippen LogP contribution in [0.2, 0.25) is 0 Å². The van der Waals surface area contributed by atoms with Crippen molar-refractivity contribution in [2.24, 2.45) is 0 Å². The van der Waals surface area contributed by atoms with E-state index in [-0.39, 0.29) is 0 Å². The van der Waals surface area contributed by atoms with Gasteiger partial charge in [0.2, 0.25) is 0 Å². The van der Waals surface area contributed by atoms with Crippen LogP contribution >= 0.6 is 56.5 Å². The van der Waals surface area contributed by atoms with Crippen LogP contribution in [0.25, 0.3) is 20.2 Å². The minimum Gasteiger partial charge on any atom is -0.496 e. The van der Waals surface area contributed by atoms with Crippen LogP contribution in [0.3, 0.4) is 0 Å². The number of hydrogen-bond acceptors (Lipinski definition) is 3. The Balaban J connectivity index is 2.44. The molecular weight excluding hydrogens is 486 g/mol. The van der Waals surface area contributed by atoms with Crippen LogP contribution in [-0.4, -0.2) is 14.2 Å². The first kappa shape index (κ1) is 13.7. The Labute approximate surface area is 142 Å². The van der Waals surface area contributed by atoms with Gasteiger partial charge in [-0.3, -0.25) is 0 Å². The van der Waals surface area contributed by atoms with Crippen molar-refractivity contribution >= 4 is 76.7 Å². The predicted octanol–water partition coefficient (Wildman–Crippen LogP) is 5.28. The molecule has 0 saturated carbocycles. The average molecular weight is 496 g/mol. The number of rotatable bonds is 2. The van der Waals surface area contributed by atoms with Gasteiger partial charge in [-0.2, -0.15) is 0 Å². The molecule has 5 heteroatoms. The van der Waals surface area contributed by atoms with Gasteiger partial charge in [0.15, 0.2) is 0 Å². The number of fused-ring (bicyclic) bond motifs is 3. The molecular formula is C14H10I2O2S. The lowest BCUT2D eigenvalue weighted by Gasteiger charge is -2.03. The first-order chi connectivity index (χ1) is 9.17. The Hall–Kier alpha value is -0.280. The molecule has 0 bridgehead atoms. The molecule has 0 aliphatic heterocycles. The van der Waals surface area contributed by atoms with Gasteiger partial charge in [0.25, 0.3) is 0 Å². The van der Waals surface area contributed by atoms with Gasteiger partial charge in [0.05, 0.1) is 30.8 Å². The van der Waals surface area contributed by atoms with Crippen LogP contribution in [0.5, 0.6) is 11.5 Å². The highest BCUT2D eigenvalue weighted by Gasteiger charge is 2.15. The van der Waals surface area contributed by atoms with E-state index in [1.54, 1.807) is 25.6 Å². The molecule has 1 aromatic heterocycles. The Morgan fingerprint density at radius 2 is 1.21 bits per heavy atom. The molecule has 19 heavy (non-hydrogen) atoms. The molecule has 0 aliphatic rings. The Bertz CT molecular complexity index is 716. The quantitative estimate of drug-likeness (QED) is 0.450. The van der Waals surface area contributed by atoms with E-state index in [9.17, 15) is 0 Å². The van der Waals surface area contributed by atoms with Crippen LogP contribution < -0.4 is 9.47 Å². The summed E-state index contributed by atoms with van der Waals surface area (Å²) in [5.74, 6) is 1.86. The zero-order chi connectivity index (χ0) is 13.6. The number of methoxy groups -OCH3 is 2. The van der Waals surface area contributed by atoms with Gasteiger partial charge in [0.1, 0.15) is 11.5 Å². The van der Waals surface area contributed by atoms with Crippen molar-refractivity contribution in [3.05, 3.63) is 31.4 Å². The van der Waals surface area contributed by atoms with Crippen molar-refractivity contribution in [1.29, 1.82) is 0 Å². The fourth-order valence-electron chi connectivity index (χ4n) is 2.12. The van der Waals surface area contributed by atoms with Gasteiger partial charge >= 0.3 is 0 Å². The summed E-state index contributed by atoms with van der Waals surface area (Å²) < 4.78 is 15.7. The van der Waals surface area contributed by atoms with Crippen molar-refractivity contribution in [2.45, 2.75) is 0 Å². The second kappa shape index (κ2) is 5.25. The van der Waals surface area contributed by atoms with E-state index < -0.39 is 0 Å². The monoisotopic (exact) mass is 496 g/mol. The summed E-state index contributed by atoms with van der Waals surface area (Å²) in [7, 11) is 3.42. The highest BCUT2D eigenvalue weighted by Crippen LogP contribution is 2.43. The number of halogens is 2. The first-order valence-corrected chi connectivity index (χ1v) is 8.56. The molecule has 0 N–H and O–H groups in total. The molecule has 0 fully saturated rings. The van der Waals surface area contributed by atoms with E-state index in [0.29, 0.717) is 0 Å². The molecule has 3 aromatic rings. The third kappa shape index (κ3) is 2.09. The molecule has 0 unspecified atom stereocenters. The van der Waals surface area contributed by atoms with E-state index in [4.69, 9.17) is 9.47 Å². The summed E-state index contributed by atoms with van der Waals surface area (Å²) in [6.45, 7) is 0. The molecule has 0 radical (unpaired) electrons. The summed E-state index contributed by atoms with van der Waals surface area (Å²) in [4.78, 5) is 0. The summed E-state index contributed by atoms with van der Waals surface area (Å²) >= 11 is 6.51. The maximum absolute atomic E-state index is 5.40. The highest BCUT2D eigenvalue weighted by molar-refractivity contribution is 14.1. The molecule has 2 nitrogen and oxygen atoms in total. The van der Waals surface area contributed by atoms with Gasteiger partial charge in [-0.25, -0.2) is 0 Å². The Morgan fingerprint density at radius 3 is 1.58 bits per heavy atom. The SMILES string of the molecule is COc1ccc2c(sc3c(I)c(OC)ccc32)c1I. The van der Waals surface area contributed by atoms with Gasteiger partial charge in [-0.1, -0.05) is 0 Å². The molecule has 0 spiro atoms. The number of ether oxygens (including phenoxy) is 2. The van der Waals surface area contributed by atoms with Gasteiger partial charge in [-0.05, 0) is 69.4 Å². The Morgan fingerprint density at radius 1 is 0.789 bits per heavy atom. The standard InChI is InChI=1S/C14H10I2O2S/c1-17-9-5-3-7-8-4-6-10(18-2)12(16)14(8)19-13(7)11(9)15/h3-6H,1-2H3. The summed E-state index contributed by atoms with van der Waals surface area (Å²) in [6, 6.07) is 8.34. The molecule has 0 saturated heterocycles. The van der Waals surface area contributed by atoms with E-state index in [1.807, 2.05) is 12.1 Å². The van der Waals surface area contributed by atoms with Crippen molar-refractivity contribution in [3.8, 4) is 11.5 Å². The van der Waals surface area contributed by atoms with Crippen molar-refractivity contribution < 1.29 is 9.47 Å². The second-order valence-electron chi connectivity index (χ2n) is 4.02. The van der Waals surface area contributed by atoms with Gasteiger partial charge in [0, 0.05) is 10.8 Å². The van der Waals surface area contributed by atoms with E-state index in [0.717, 1.165) is 11.5 Å². The molecule has 0 amide bonds. The van der Waals surface area contributed by atoms with Gasteiger partial charge in [-0.15, -0.1) is 11.3 Å². The third-order valence-electron chi connectivity index (χ3n) is 3.06. The van der Waals surface area contributed by atoms with Crippen LogP contribution in [0.15, 0.2) is 24.3 Å². The topological polar surface area (TPSA) is 18.5 Å². The van der Waals surface area contributed by atoms with Crippen molar-refractivity contribution in [3.63, 3.8) is 0 Å². The number of thiophene rings is 1. The zero-order valence-corrected chi connectivity index (χ0v) is 15.4. The molecule has 2 aromatic carbocycles. The lowest BCUT2D eigenvalue weighted by molar-refractivity contribution is 0.412. The maximum atomic E-state index is 5.40. The first-order valence-electron chi connectivity index (χ1n) is 5.58. The smallest absolute Gasteiger partial charge is 0.133 e. The summed E-state index contributed by atoms with van der Waals surface area (Å²) in [5.41, 5.74) is 0. The zero-order valence-electron chi connectivity index (χ0n) is 10.3. The van der Waals surface area contributed by atoms with Crippen LogP contribution in [0.1, 0.15) is 0 Å². The Kier molecular flexibility index (Phi) is 3.78. The lowest BCUT2D eigenvalue weighted by Crippen LogP contribution is -1.86. The molecule has 98 valence electrons. The minimum absolute atomic E-state index is 0.932. The molecule has 0 aliphatic carbocycles. The highest BCUT2D eigenvalue weighted by atomic mass is 127. The molecule has 0 atom stereocenters. The van der Waals surface area contributed by atoms with Crippen LogP contribution in [0.4, 0.5) is 0 Å². The van der Waals surface area contributed by atoms with E-state index in [1.165, 1.54) is 27.3 Å². The fraction of sp³-hybridized carbons (Fsp3) is 0.143.